The zero-order valence-corrected chi connectivity index (χ0v) is 18.6. The van der Waals surface area contributed by atoms with Gasteiger partial charge in [0.2, 0.25) is 17.6 Å². The molecule has 0 spiro atoms. The first-order valence-corrected chi connectivity index (χ1v) is 11.0. The molecule has 172 valence electrons. The summed E-state index contributed by atoms with van der Waals surface area (Å²) in [6.45, 7) is 2.04. The molecule has 3 aromatic rings. The summed E-state index contributed by atoms with van der Waals surface area (Å²) >= 11 is 5.88. The van der Waals surface area contributed by atoms with Crippen LogP contribution in [-0.2, 0) is 11.2 Å². The monoisotopic (exact) mass is 471 g/mol. The second kappa shape index (κ2) is 10.4. The summed E-state index contributed by atoms with van der Waals surface area (Å²) in [5.74, 6) is 0.332. The smallest absolute Gasteiger partial charge is 0.321 e. The van der Waals surface area contributed by atoms with Crippen LogP contribution in [0, 0.1) is 5.82 Å². The number of benzene rings is 2. The van der Waals surface area contributed by atoms with Crippen LogP contribution in [-0.4, -0.2) is 58.1 Å². The topological polar surface area (TPSA) is 91.6 Å². The van der Waals surface area contributed by atoms with Crippen molar-refractivity contribution in [2.75, 3.05) is 31.5 Å². The molecule has 0 bridgehead atoms. The Bertz CT molecular complexity index is 1100. The molecule has 1 aliphatic rings. The van der Waals surface area contributed by atoms with E-state index in [-0.39, 0.29) is 24.2 Å². The van der Waals surface area contributed by atoms with Crippen LogP contribution < -0.4 is 5.32 Å². The predicted octanol–water partition coefficient (Wildman–Crippen LogP) is 4.23. The maximum atomic E-state index is 13.1. The molecule has 0 aliphatic carbocycles. The Morgan fingerprint density at radius 1 is 1.00 bits per heavy atom. The number of hydrogen-bond donors (Lipinski definition) is 1. The van der Waals surface area contributed by atoms with E-state index in [1.165, 1.54) is 12.1 Å². The van der Waals surface area contributed by atoms with Crippen molar-refractivity contribution in [1.29, 1.82) is 0 Å². The number of nitrogens with zero attached hydrogens (tertiary/aromatic N) is 4. The fourth-order valence-electron chi connectivity index (χ4n) is 3.55. The first-order valence-electron chi connectivity index (χ1n) is 10.7. The van der Waals surface area contributed by atoms with Crippen LogP contribution in [0.1, 0.15) is 18.7 Å². The van der Waals surface area contributed by atoms with Gasteiger partial charge in [0.1, 0.15) is 5.82 Å². The molecule has 1 aliphatic heterocycles. The van der Waals surface area contributed by atoms with Crippen LogP contribution in [0.15, 0.2) is 53.1 Å². The van der Waals surface area contributed by atoms with Crippen LogP contribution in [0.5, 0.6) is 0 Å². The Morgan fingerprint density at radius 3 is 2.45 bits per heavy atom. The first kappa shape index (κ1) is 22.7. The van der Waals surface area contributed by atoms with E-state index in [0.29, 0.717) is 67.0 Å². The van der Waals surface area contributed by atoms with Crippen LogP contribution in [0.25, 0.3) is 11.4 Å². The van der Waals surface area contributed by atoms with E-state index in [9.17, 15) is 14.0 Å². The number of urea groups is 1. The van der Waals surface area contributed by atoms with E-state index < -0.39 is 0 Å². The van der Waals surface area contributed by atoms with Crippen molar-refractivity contribution < 1.29 is 18.5 Å². The largest absolute Gasteiger partial charge is 0.341 e. The fraction of sp³-hybridized carbons (Fsp3) is 0.304. The van der Waals surface area contributed by atoms with Crippen LogP contribution in [0.3, 0.4) is 0 Å². The van der Waals surface area contributed by atoms with Crippen molar-refractivity contribution in [3.05, 3.63) is 65.3 Å². The average molecular weight is 472 g/mol. The third-order valence-corrected chi connectivity index (χ3v) is 5.61. The maximum Gasteiger partial charge on any atom is 0.321 e. The molecule has 1 N–H and O–H groups in total. The van der Waals surface area contributed by atoms with Gasteiger partial charge in [0, 0.05) is 55.3 Å². The molecule has 1 saturated heterocycles. The number of amides is 3. The van der Waals surface area contributed by atoms with Crippen molar-refractivity contribution >= 4 is 29.2 Å². The highest BCUT2D eigenvalue weighted by atomic mass is 35.5. The predicted molar refractivity (Wildman–Crippen MR) is 121 cm³/mol. The lowest BCUT2D eigenvalue weighted by molar-refractivity contribution is -0.131. The zero-order chi connectivity index (χ0) is 23.2. The Hall–Kier alpha value is -3.46. The average Bonchev–Trinajstić information content (AvgIpc) is 3.15. The number of hydrogen-bond acceptors (Lipinski definition) is 5. The Labute approximate surface area is 195 Å². The highest BCUT2D eigenvalue weighted by molar-refractivity contribution is 6.30. The van der Waals surface area contributed by atoms with Crippen molar-refractivity contribution in [2.45, 2.75) is 19.3 Å². The molecule has 0 unspecified atom stereocenters. The lowest BCUT2D eigenvalue weighted by Crippen LogP contribution is -2.39. The molecule has 0 radical (unpaired) electrons. The van der Waals surface area contributed by atoms with Gasteiger partial charge in [-0.15, -0.1) is 0 Å². The summed E-state index contributed by atoms with van der Waals surface area (Å²) in [6, 6.07) is 12.5. The fourth-order valence-corrected chi connectivity index (χ4v) is 3.68. The van der Waals surface area contributed by atoms with Gasteiger partial charge in [-0.05, 0) is 55.0 Å². The number of nitrogens with one attached hydrogen (secondary N) is 1. The molecule has 3 amide bonds. The Balaban J connectivity index is 1.26. The molecule has 8 nitrogen and oxygen atoms in total. The Kier molecular flexibility index (Phi) is 7.19. The molecule has 4 rings (SSSR count). The molecule has 2 aromatic carbocycles. The van der Waals surface area contributed by atoms with Gasteiger partial charge in [0.05, 0.1) is 0 Å². The number of rotatable bonds is 5. The minimum absolute atomic E-state index is 0.0310. The number of aromatic nitrogens is 2. The molecule has 10 heteroatoms. The second-order valence-electron chi connectivity index (χ2n) is 7.68. The van der Waals surface area contributed by atoms with Gasteiger partial charge in [0.15, 0.2) is 0 Å². The van der Waals surface area contributed by atoms with E-state index in [4.69, 9.17) is 16.1 Å². The SMILES string of the molecule is O=C(CCc1nc(-c2ccc(F)cc2)no1)N1CCCN(C(=O)Nc2ccc(Cl)cc2)CC1. The lowest BCUT2D eigenvalue weighted by atomic mass is 10.2. The molecule has 1 aromatic heterocycles. The molecular formula is C23H23ClFN5O3. The van der Waals surface area contributed by atoms with E-state index in [2.05, 4.69) is 15.5 Å². The minimum atomic E-state index is -0.341. The second-order valence-corrected chi connectivity index (χ2v) is 8.11. The summed E-state index contributed by atoms with van der Waals surface area (Å²) < 4.78 is 18.3. The van der Waals surface area contributed by atoms with Crippen LogP contribution in [0.4, 0.5) is 14.9 Å². The number of anilines is 1. The standard InChI is InChI=1S/C23H23ClFN5O3/c24-17-4-8-19(9-5-17)26-23(32)30-13-1-12-29(14-15-30)21(31)11-10-20-27-22(28-33-20)16-2-6-18(25)7-3-16/h2-9H,1,10-15H2,(H,26,32). The number of halogens is 2. The Morgan fingerprint density at radius 2 is 1.70 bits per heavy atom. The van der Waals surface area contributed by atoms with Crippen molar-refractivity contribution in [3.63, 3.8) is 0 Å². The van der Waals surface area contributed by atoms with Gasteiger partial charge in [-0.2, -0.15) is 4.98 Å². The van der Waals surface area contributed by atoms with Gasteiger partial charge >= 0.3 is 6.03 Å². The molecule has 1 fully saturated rings. The van der Waals surface area contributed by atoms with Crippen LogP contribution >= 0.6 is 11.6 Å². The normalized spacial score (nSPS) is 14.1. The summed E-state index contributed by atoms with van der Waals surface area (Å²) in [5, 5.41) is 7.35. The summed E-state index contributed by atoms with van der Waals surface area (Å²) in [7, 11) is 0. The molecule has 0 saturated carbocycles. The zero-order valence-electron chi connectivity index (χ0n) is 17.8. The van der Waals surface area contributed by atoms with Gasteiger partial charge in [-0.25, -0.2) is 9.18 Å². The van der Waals surface area contributed by atoms with E-state index in [1.807, 2.05) is 0 Å². The minimum Gasteiger partial charge on any atom is -0.341 e. The van der Waals surface area contributed by atoms with Gasteiger partial charge in [-0.3, -0.25) is 4.79 Å². The van der Waals surface area contributed by atoms with Crippen molar-refractivity contribution in [2.24, 2.45) is 0 Å². The number of carbonyl (C=O) groups excluding carboxylic acids is 2. The molecule has 33 heavy (non-hydrogen) atoms. The highest BCUT2D eigenvalue weighted by Gasteiger charge is 2.22. The van der Waals surface area contributed by atoms with Crippen molar-refractivity contribution in [3.8, 4) is 11.4 Å². The van der Waals surface area contributed by atoms with Crippen LogP contribution in [0.2, 0.25) is 5.02 Å². The summed E-state index contributed by atoms with van der Waals surface area (Å²) in [6.07, 6.45) is 1.22. The first-order chi connectivity index (χ1) is 16.0. The van der Waals surface area contributed by atoms with Gasteiger partial charge < -0.3 is 19.6 Å². The maximum absolute atomic E-state index is 13.1. The quantitative estimate of drug-likeness (QED) is 0.601. The number of aryl methyl sites for hydroxylation is 1. The molecule has 2 heterocycles. The lowest BCUT2D eigenvalue weighted by Gasteiger charge is -2.22. The third kappa shape index (κ3) is 6.07. The van der Waals surface area contributed by atoms with Gasteiger partial charge in [-0.1, -0.05) is 16.8 Å². The number of carbonyl (C=O) groups is 2. The van der Waals surface area contributed by atoms with E-state index >= 15 is 0 Å². The van der Waals surface area contributed by atoms with E-state index in [0.717, 1.165) is 0 Å². The van der Waals surface area contributed by atoms with E-state index in [1.54, 1.807) is 46.2 Å². The highest BCUT2D eigenvalue weighted by Crippen LogP contribution is 2.18. The summed E-state index contributed by atoms with van der Waals surface area (Å²) in [4.78, 5) is 33.0. The molecule has 0 atom stereocenters. The van der Waals surface area contributed by atoms with Crippen molar-refractivity contribution in [1.82, 2.24) is 19.9 Å². The third-order valence-electron chi connectivity index (χ3n) is 5.35. The molecular weight excluding hydrogens is 449 g/mol. The summed E-state index contributed by atoms with van der Waals surface area (Å²) in [5.41, 5.74) is 1.31. The van der Waals surface area contributed by atoms with Gasteiger partial charge in [0.25, 0.3) is 0 Å².